The van der Waals surface area contributed by atoms with Crippen LogP contribution in [0.3, 0.4) is 0 Å². The molecule has 146 valence electrons. The van der Waals surface area contributed by atoms with E-state index in [1.54, 1.807) is 0 Å². The highest BCUT2D eigenvalue weighted by Crippen LogP contribution is 2.52. The Kier molecular flexibility index (Phi) is 5.11. The van der Waals surface area contributed by atoms with E-state index in [-0.39, 0.29) is 17.4 Å². The van der Waals surface area contributed by atoms with Crippen molar-refractivity contribution < 1.29 is 9.53 Å². The van der Waals surface area contributed by atoms with Crippen LogP contribution in [0.2, 0.25) is 0 Å². The molecule has 1 saturated heterocycles. The molecule has 1 fully saturated rings. The molecular weight excluding hydrogens is 346 g/mol. The largest absolute Gasteiger partial charge is 0.369 e. The lowest BCUT2D eigenvalue weighted by molar-refractivity contribution is 0.0449. The highest BCUT2D eigenvalue weighted by atomic mass is 16.5. The number of likely N-dealkylation sites (tertiary alicyclic amines) is 1. The minimum atomic E-state index is 0.121. The first-order valence-electron chi connectivity index (χ1n) is 10.2. The lowest BCUT2D eigenvalue weighted by Crippen LogP contribution is -2.44. The number of ether oxygens (including phenoxy) is 1. The van der Waals surface area contributed by atoms with Crippen molar-refractivity contribution in [2.45, 2.75) is 44.6 Å². The molecule has 2 aromatic carbocycles. The molecule has 1 atom stereocenters. The van der Waals surface area contributed by atoms with Gasteiger partial charge in [0.05, 0.1) is 12.7 Å². The second kappa shape index (κ2) is 7.56. The van der Waals surface area contributed by atoms with Crippen LogP contribution in [0.1, 0.15) is 58.0 Å². The van der Waals surface area contributed by atoms with Crippen molar-refractivity contribution in [2.75, 3.05) is 19.7 Å². The predicted molar refractivity (Wildman–Crippen MR) is 113 cm³/mol. The summed E-state index contributed by atoms with van der Waals surface area (Å²) >= 11 is 0. The van der Waals surface area contributed by atoms with Gasteiger partial charge in [0, 0.05) is 24.1 Å². The molecule has 0 radical (unpaired) electrons. The summed E-state index contributed by atoms with van der Waals surface area (Å²) in [5.74, 6) is 0.162. The van der Waals surface area contributed by atoms with Gasteiger partial charge < -0.3 is 9.64 Å². The summed E-state index contributed by atoms with van der Waals surface area (Å²) in [6, 6.07) is 14.6. The molecule has 2 aromatic rings. The van der Waals surface area contributed by atoms with Crippen molar-refractivity contribution >= 4 is 5.91 Å². The summed E-state index contributed by atoms with van der Waals surface area (Å²) < 4.78 is 6.11. The molecule has 0 unspecified atom stereocenters. The third-order valence-corrected chi connectivity index (χ3v) is 6.50. The Morgan fingerprint density at radius 2 is 1.96 bits per heavy atom. The summed E-state index contributed by atoms with van der Waals surface area (Å²) in [5.41, 5.74) is 6.05. The van der Waals surface area contributed by atoms with Gasteiger partial charge in [-0.1, -0.05) is 48.0 Å². The molecular formula is C25H29NO2. The maximum absolute atomic E-state index is 13.0. The molecule has 1 spiro atoms. The number of benzene rings is 2. The molecule has 3 nitrogen and oxygen atoms in total. The zero-order valence-corrected chi connectivity index (χ0v) is 16.9. The van der Waals surface area contributed by atoms with Gasteiger partial charge in [-0.25, -0.2) is 0 Å². The summed E-state index contributed by atoms with van der Waals surface area (Å²) in [6.07, 6.45) is 4.95. The number of aryl methyl sites for hydroxylation is 2. The van der Waals surface area contributed by atoms with Crippen LogP contribution in [0.5, 0.6) is 0 Å². The molecule has 4 rings (SSSR count). The van der Waals surface area contributed by atoms with E-state index < -0.39 is 0 Å². The molecule has 1 aliphatic carbocycles. The number of nitrogens with zero attached hydrogens (tertiary/aromatic N) is 1. The third kappa shape index (κ3) is 3.29. The Bertz CT molecular complexity index is 893. The second-order valence-electron chi connectivity index (χ2n) is 8.29. The van der Waals surface area contributed by atoms with E-state index in [2.05, 4.69) is 31.7 Å². The number of carbonyl (C=O) groups is 1. The molecule has 28 heavy (non-hydrogen) atoms. The smallest absolute Gasteiger partial charge is 0.254 e. The van der Waals surface area contributed by atoms with Crippen molar-refractivity contribution in [3.05, 3.63) is 82.9 Å². The van der Waals surface area contributed by atoms with Gasteiger partial charge in [0.25, 0.3) is 5.91 Å². The first kappa shape index (κ1) is 18.9. The highest BCUT2D eigenvalue weighted by molar-refractivity contribution is 5.95. The van der Waals surface area contributed by atoms with Crippen LogP contribution < -0.4 is 0 Å². The fourth-order valence-corrected chi connectivity index (χ4v) is 4.91. The number of amides is 1. The van der Waals surface area contributed by atoms with Gasteiger partial charge in [-0.3, -0.25) is 4.79 Å². The number of carbonyl (C=O) groups excluding carboxylic acids is 1. The summed E-state index contributed by atoms with van der Waals surface area (Å²) in [6.45, 7) is 10.1. The van der Waals surface area contributed by atoms with Crippen molar-refractivity contribution in [1.82, 2.24) is 4.90 Å². The molecule has 1 aliphatic heterocycles. The summed E-state index contributed by atoms with van der Waals surface area (Å²) in [7, 11) is 0. The molecule has 2 aliphatic rings. The van der Waals surface area contributed by atoms with Crippen LogP contribution >= 0.6 is 0 Å². The van der Waals surface area contributed by atoms with Gasteiger partial charge in [0.2, 0.25) is 0 Å². The first-order valence-corrected chi connectivity index (χ1v) is 10.2. The fraction of sp³-hybridized carbons (Fsp3) is 0.400. The topological polar surface area (TPSA) is 29.5 Å². The maximum Gasteiger partial charge on any atom is 0.254 e. The fourth-order valence-electron chi connectivity index (χ4n) is 4.91. The lowest BCUT2D eigenvalue weighted by Gasteiger charge is -2.40. The second-order valence-corrected chi connectivity index (χ2v) is 8.29. The van der Waals surface area contributed by atoms with E-state index >= 15 is 0 Å². The number of hydrogen-bond donors (Lipinski definition) is 0. The predicted octanol–water partition coefficient (Wildman–Crippen LogP) is 5.12. The zero-order chi connectivity index (χ0) is 19.7. The standard InChI is InChI=1S/C25H29NO2/c1-4-15-28-23-17-25(22-16-18(2)9-10-21(22)23)11-13-26(14-12-25)24(27)20-8-6-5-7-19(20)3/h4-10,16,23H,1,11-15,17H2,2-3H3/t23-/m1/s1. The molecule has 0 N–H and O–H groups in total. The van der Waals surface area contributed by atoms with Crippen LogP contribution in [0.15, 0.2) is 55.1 Å². The van der Waals surface area contributed by atoms with Crippen molar-refractivity contribution in [3.63, 3.8) is 0 Å². The summed E-state index contributed by atoms with van der Waals surface area (Å²) in [5, 5.41) is 0. The highest BCUT2D eigenvalue weighted by Gasteiger charge is 2.46. The van der Waals surface area contributed by atoms with Crippen molar-refractivity contribution in [3.8, 4) is 0 Å². The Morgan fingerprint density at radius 1 is 1.21 bits per heavy atom. The monoisotopic (exact) mass is 375 g/mol. The SMILES string of the molecule is C=CCO[C@@H]1CC2(CCN(C(=O)c3ccccc3C)CC2)c2cc(C)ccc21. The van der Waals surface area contributed by atoms with Crippen LogP contribution in [0.4, 0.5) is 0 Å². The Morgan fingerprint density at radius 3 is 2.68 bits per heavy atom. The molecule has 3 heteroatoms. The van der Waals surface area contributed by atoms with E-state index in [1.807, 2.05) is 42.2 Å². The van der Waals surface area contributed by atoms with Crippen LogP contribution in [-0.4, -0.2) is 30.5 Å². The van der Waals surface area contributed by atoms with Gasteiger partial charge in [-0.05, 0) is 55.9 Å². The van der Waals surface area contributed by atoms with Crippen LogP contribution in [-0.2, 0) is 10.2 Å². The van der Waals surface area contributed by atoms with Gasteiger partial charge >= 0.3 is 0 Å². The van der Waals surface area contributed by atoms with Gasteiger partial charge in [-0.2, -0.15) is 0 Å². The number of rotatable bonds is 4. The average molecular weight is 376 g/mol. The quantitative estimate of drug-likeness (QED) is 0.694. The minimum Gasteiger partial charge on any atom is -0.369 e. The van der Waals surface area contributed by atoms with E-state index in [9.17, 15) is 4.79 Å². The molecule has 0 aromatic heterocycles. The normalized spacial score (nSPS) is 20.2. The van der Waals surface area contributed by atoms with Crippen LogP contribution in [0, 0.1) is 13.8 Å². The minimum absolute atomic E-state index is 0.121. The van der Waals surface area contributed by atoms with Gasteiger partial charge in [-0.15, -0.1) is 6.58 Å². The van der Waals surface area contributed by atoms with E-state index in [0.717, 1.165) is 43.5 Å². The molecule has 1 amide bonds. The lowest BCUT2D eigenvalue weighted by atomic mass is 9.73. The first-order chi connectivity index (χ1) is 13.5. The van der Waals surface area contributed by atoms with E-state index in [4.69, 9.17) is 4.74 Å². The summed E-state index contributed by atoms with van der Waals surface area (Å²) in [4.78, 5) is 15.0. The zero-order valence-electron chi connectivity index (χ0n) is 16.9. The molecule has 0 bridgehead atoms. The Hall–Kier alpha value is -2.39. The van der Waals surface area contributed by atoms with Crippen molar-refractivity contribution in [1.29, 1.82) is 0 Å². The average Bonchev–Trinajstić information content (AvgIpc) is 2.99. The van der Waals surface area contributed by atoms with Crippen molar-refractivity contribution in [2.24, 2.45) is 0 Å². The van der Waals surface area contributed by atoms with E-state index in [1.165, 1.54) is 16.7 Å². The number of piperidine rings is 1. The Balaban J connectivity index is 1.55. The van der Waals surface area contributed by atoms with Gasteiger partial charge in [0.1, 0.15) is 0 Å². The maximum atomic E-state index is 13.0. The number of fused-ring (bicyclic) bond motifs is 2. The van der Waals surface area contributed by atoms with Crippen LogP contribution in [0.25, 0.3) is 0 Å². The number of hydrogen-bond acceptors (Lipinski definition) is 2. The van der Waals surface area contributed by atoms with Gasteiger partial charge in [0.15, 0.2) is 0 Å². The third-order valence-electron chi connectivity index (χ3n) is 6.50. The Labute approximate surface area is 168 Å². The molecule has 0 saturated carbocycles. The molecule has 1 heterocycles. The van der Waals surface area contributed by atoms with E-state index in [0.29, 0.717) is 6.61 Å².